The molecule has 0 radical (unpaired) electrons. The van der Waals surface area contributed by atoms with Crippen LogP contribution in [0.15, 0.2) is 53.4 Å². The van der Waals surface area contributed by atoms with Gasteiger partial charge < -0.3 is 10.5 Å². The van der Waals surface area contributed by atoms with Crippen molar-refractivity contribution in [2.24, 2.45) is 5.73 Å². The number of fused-ring (bicyclic) bond motifs is 1. The molecule has 0 aromatic heterocycles. The molecule has 0 bridgehead atoms. The summed E-state index contributed by atoms with van der Waals surface area (Å²) in [7, 11) is -3.72. The van der Waals surface area contributed by atoms with Gasteiger partial charge in [-0.15, -0.1) is 0 Å². The maximum Gasteiger partial charge on any atom is 0.338 e. The highest BCUT2D eigenvalue weighted by Gasteiger charge is 2.28. The number of benzene rings is 2. The zero-order valence-electron chi connectivity index (χ0n) is 15.3. The van der Waals surface area contributed by atoms with E-state index in [9.17, 15) is 22.8 Å². The van der Waals surface area contributed by atoms with Gasteiger partial charge in [-0.25, -0.2) is 18.0 Å². The molecule has 152 valence electrons. The van der Waals surface area contributed by atoms with Crippen LogP contribution in [-0.2, 0) is 32.5 Å². The Morgan fingerprint density at radius 2 is 1.69 bits per heavy atom. The summed E-state index contributed by atoms with van der Waals surface area (Å²) in [6.45, 7) is -0.0234. The highest BCUT2D eigenvalue weighted by Crippen LogP contribution is 2.25. The molecule has 1 heterocycles. The van der Waals surface area contributed by atoms with E-state index in [0.29, 0.717) is 13.0 Å². The number of esters is 1. The van der Waals surface area contributed by atoms with Crippen LogP contribution >= 0.6 is 0 Å². The van der Waals surface area contributed by atoms with E-state index in [1.807, 2.05) is 24.3 Å². The summed E-state index contributed by atoms with van der Waals surface area (Å²) in [6.07, 6.45) is 0.632. The first-order chi connectivity index (χ1) is 13.8. The number of carbonyl (C=O) groups excluding carboxylic acids is 3. The van der Waals surface area contributed by atoms with Crippen LogP contribution in [-0.4, -0.2) is 43.8 Å². The number of ether oxygens (including phenoxy) is 1. The zero-order chi connectivity index (χ0) is 21.0. The van der Waals surface area contributed by atoms with Crippen molar-refractivity contribution in [3.8, 4) is 0 Å². The molecule has 3 amide bonds. The summed E-state index contributed by atoms with van der Waals surface area (Å²) in [5.74, 6) is -1.70. The van der Waals surface area contributed by atoms with Gasteiger partial charge in [-0.1, -0.05) is 24.3 Å². The lowest BCUT2D eigenvalue weighted by molar-refractivity contribution is -0.123. The second-order valence-electron chi connectivity index (χ2n) is 6.37. The average Bonchev–Trinajstić information content (AvgIpc) is 2.71. The second kappa shape index (κ2) is 8.41. The van der Waals surface area contributed by atoms with Gasteiger partial charge in [0.25, 0.3) is 5.91 Å². The lowest BCUT2D eigenvalue weighted by Crippen LogP contribution is -2.37. The number of rotatable bonds is 5. The molecule has 29 heavy (non-hydrogen) atoms. The number of sulfonamides is 1. The molecular weight excluding hydrogens is 398 g/mol. The molecule has 2 aromatic rings. The van der Waals surface area contributed by atoms with Crippen molar-refractivity contribution in [2.45, 2.75) is 17.9 Å². The Morgan fingerprint density at radius 1 is 1.03 bits per heavy atom. The smallest absolute Gasteiger partial charge is 0.338 e. The fourth-order valence-corrected chi connectivity index (χ4v) is 4.39. The van der Waals surface area contributed by atoms with E-state index in [-0.39, 0.29) is 17.0 Å². The van der Waals surface area contributed by atoms with E-state index < -0.39 is 34.5 Å². The molecule has 3 rings (SSSR count). The molecular formula is C19H19N3O6S. The Labute approximate surface area is 167 Å². The van der Waals surface area contributed by atoms with Crippen LogP contribution in [0, 0.1) is 0 Å². The van der Waals surface area contributed by atoms with E-state index in [0.717, 1.165) is 11.1 Å². The van der Waals surface area contributed by atoms with Crippen LogP contribution in [0.5, 0.6) is 0 Å². The quantitative estimate of drug-likeness (QED) is 0.690. The summed E-state index contributed by atoms with van der Waals surface area (Å²) < 4.78 is 32.0. The Hall–Kier alpha value is -3.24. The number of imide groups is 1. The second-order valence-corrected chi connectivity index (χ2v) is 8.31. The van der Waals surface area contributed by atoms with E-state index in [1.165, 1.54) is 28.6 Å². The predicted octanol–water partition coefficient (Wildman–Crippen LogP) is 0.785. The van der Waals surface area contributed by atoms with Gasteiger partial charge in [0, 0.05) is 13.1 Å². The first-order valence-electron chi connectivity index (χ1n) is 8.71. The number of nitrogens with two attached hydrogens (primary N) is 1. The molecule has 0 unspecified atom stereocenters. The van der Waals surface area contributed by atoms with Gasteiger partial charge in [-0.05, 0) is 41.8 Å². The van der Waals surface area contributed by atoms with Gasteiger partial charge in [0.05, 0.1) is 10.5 Å². The van der Waals surface area contributed by atoms with Crippen molar-refractivity contribution in [1.29, 1.82) is 0 Å². The molecule has 9 nitrogen and oxygen atoms in total. The number of carbonyl (C=O) groups is 3. The van der Waals surface area contributed by atoms with Crippen LogP contribution in [0.4, 0.5) is 4.79 Å². The maximum atomic E-state index is 12.9. The molecule has 0 spiro atoms. The monoisotopic (exact) mass is 417 g/mol. The SMILES string of the molecule is NC(=O)NC(=O)COC(=O)c1ccc(S(=O)(=O)N2CCc3ccccc3C2)cc1. The third-order valence-electron chi connectivity index (χ3n) is 4.42. The molecule has 1 aliphatic rings. The van der Waals surface area contributed by atoms with Crippen molar-refractivity contribution < 1.29 is 27.5 Å². The largest absolute Gasteiger partial charge is 0.452 e. The normalized spacial score (nSPS) is 13.9. The first-order valence-corrected chi connectivity index (χ1v) is 10.1. The van der Waals surface area contributed by atoms with E-state index >= 15 is 0 Å². The number of nitrogens with zero attached hydrogens (tertiary/aromatic N) is 1. The fourth-order valence-electron chi connectivity index (χ4n) is 2.97. The van der Waals surface area contributed by atoms with Crippen LogP contribution in [0.25, 0.3) is 0 Å². The minimum absolute atomic E-state index is 0.0555. The Balaban J connectivity index is 1.67. The highest BCUT2D eigenvalue weighted by atomic mass is 32.2. The number of amides is 3. The Kier molecular flexibility index (Phi) is 5.95. The summed E-state index contributed by atoms with van der Waals surface area (Å²) in [5, 5.41) is 1.76. The van der Waals surface area contributed by atoms with Crippen molar-refractivity contribution in [2.75, 3.05) is 13.2 Å². The van der Waals surface area contributed by atoms with Crippen molar-refractivity contribution in [3.05, 3.63) is 65.2 Å². The summed E-state index contributed by atoms with van der Waals surface area (Å²) in [4.78, 5) is 33.8. The minimum atomic E-state index is -3.72. The third-order valence-corrected chi connectivity index (χ3v) is 6.28. The van der Waals surface area contributed by atoms with E-state index in [2.05, 4.69) is 0 Å². The van der Waals surface area contributed by atoms with Crippen LogP contribution in [0.2, 0.25) is 0 Å². The van der Waals surface area contributed by atoms with Gasteiger partial charge in [-0.3, -0.25) is 10.1 Å². The molecule has 1 aliphatic heterocycles. The molecule has 0 saturated carbocycles. The number of hydrogen-bond donors (Lipinski definition) is 2. The van der Waals surface area contributed by atoms with Gasteiger partial charge in [0.15, 0.2) is 6.61 Å². The van der Waals surface area contributed by atoms with Crippen LogP contribution in [0.1, 0.15) is 21.5 Å². The molecule has 10 heteroatoms. The molecule has 0 fully saturated rings. The van der Waals surface area contributed by atoms with Gasteiger partial charge in [0.2, 0.25) is 10.0 Å². The lowest BCUT2D eigenvalue weighted by atomic mass is 10.0. The topological polar surface area (TPSA) is 136 Å². The zero-order valence-corrected chi connectivity index (χ0v) is 16.1. The summed E-state index contributed by atoms with van der Waals surface area (Å²) >= 11 is 0. The van der Waals surface area contributed by atoms with Crippen LogP contribution < -0.4 is 11.1 Å². The molecule has 0 atom stereocenters. The Bertz CT molecular complexity index is 1050. The number of hydrogen-bond acceptors (Lipinski definition) is 6. The molecule has 0 aliphatic carbocycles. The van der Waals surface area contributed by atoms with Crippen molar-refractivity contribution >= 4 is 27.9 Å². The third kappa shape index (κ3) is 4.79. The summed E-state index contributed by atoms with van der Waals surface area (Å²) in [5.41, 5.74) is 6.96. The lowest BCUT2D eigenvalue weighted by Gasteiger charge is -2.28. The molecule has 0 saturated heterocycles. The van der Waals surface area contributed by atoms with Gasteiger partial charge >= 0.3 is 12.0 Å². The molecule has 3 N–H and O–H groups in total. The van der Waals surface area contributed by atoms with Gasteiger partial charge in [0.1, 0.15) is 0 Å². The number of urea groups is 1. The molecule has 2 aromatic carbocycles. The van der Waals surface area contributed by atoms with Crippen molar-refractivity contribution in [3.63, 3.8) is 0 Å². The first kappa shape index (κ1) is 20.5. The number of nitrogens with one attached hydrogen (secondary N) is 1. The Morgan fingerprint density at radius 3 is 2.34 bits per heavy atom. The predicted molar refractivity (Wildman–Crippen MR) is 102 cm³/mol. The average molecular weight is 417 g/mol. The van der Waals surface area contributed by atoms with Crippen molar-refractivity contribution in [1.82, 2.24) is 9.62 Å². The highest BCUT2D eigenvalue weighted by molar-refractivity contribution is 7.89. The maximum absolute atomic E-state index is 12.9. The van der Waals surface area contributed by atoms with E-state index in [1.54, 1.807) is 5.32 Å². The minimum Gasteiger partial charge on any atom is -0.452 e. The standard InChI is InChI=1S/C19H19N3O6S/c20-19(25)21-17(23)12-28-18(24)14-5-7-16(8-6-14)29(26,27)22-10-9-13-3-1-2-4-15(13)11-22/h1-8H,9-12H2,(H3,20,21,23,25). The summed E-state index contributed by atoms with van der Waals surface area (Å²) in [6, 6.07) is 11.9. The van der Waals surface area contributed by atoms with E-state index in [4.69, 9.17) is 10.5 Å². The number of primary amides is 1. The fraction of sp³-hybridized carbons (Fsp3) is 0.211. The van der Waals surface area contributed by atoms with Crippen LogP contribution in [0.3, 0.4) is 0 Å². The van der Waals surface area contributed by atoms with Gasteiger partial charge in [-0.2, -0.15) is 4.31 Å².